The van der Waals surface area contributed by atoms with Crippen LogP contribution in [0.5, 0.6) is 0 Å². The van der Waals surface area contributed by atoms with Crippen molar-refractivity contribution in [1.82, 2.24) is 9.97 Å². The number of aromatic nitrogens is 2. The summed E-state index contributed by atoms with van der Waals surface area (Å²) >= 11 is 3.20. The van der Waals surface area contributed by atoms with Gasteiger partial charge in [0.2, 0.25) is 0 Å². The summed E-state index contributed by atoms with van der Waals surface area (Å²) in [5.74, 6) is 0. The summed E-state index contributed by atoms with van der Waals surface area (Å²) in [5.41, 5.74) is 3.58. The number of hydrogen-bond donors (Lipinski definition) is 0. The Kier molecular flexibility index (Phi) is 8.01. The number of thiazole rings is 2. The van der Waals surface area contributed by atoms with Gasteiger partial charge in [-0.3, -0.25) is 9.97 Å². The van der Waals surface area contributed by atoms with Crippen LogP contribution >= 0.6 is 22.7 Å². The van der Waals surface area contributed by atoms with Crippen LogP contribution in [0, 0.1) is 0 Å². The predicted molar refractivity (Wildman–Crippen MR) is 44.2 cm³/mol. The van der Waals surface area contributed by atoms with Crippen molar-refractivity contribution in [2.45, 2.75) is 0 Å². The summed E-state index contributed by atoms with van der Waals surface area (Å²) in [6, 6.07) is 0. The summed E-state index contributed by atoms with van der Waals surface area (Å²) in [5, 5.41) is 3.86. The summed E-state index contributed by atoms with van der Waals surface area (Å²) in [7, 11) is 0. The third-order valence-corrected chi connectivity index (χ3v) is 1.74. The molecule has 60 valence electrons. The molecule has 2 rings (SSSR count). The molecule has 0 saturated heterocycles. The smallest absolute Gasteiger partial charge is 0.253 e. The van der Waals surface area contributed by atoms with Crippen molar-refractivity contribution in [2.75, 3.05) is 0 Å². The van der Waals surface area contributed by atoms with Gasteiger partial charge in [-0.25, -0.2) is 0 Å². The summed E-state index contributed by atoms with van der Waals surface area (Å²) in [6.45, 7) is 0. The minimum absolute atomic E-state index is 0. The number of hydrogen-bond acceptors (Lipinski definition) is 4. The van der Waals surface area contributed by atoms with Crippen LogP contribution in [0.15, 0.2) is 34.2 Å². The first-order chi connectivity index (χ1) is 5.00. The van der Waals surface area contributed by atoms with Crippen LogP contribution in [0.2, 0.25) is 0 Å². The average Bonchev–Trinajstić information content (AvgIpc) is 2.67. The van der Waals surface area contributed by atoms with Crippen molar-refractivity contribution in [1.29, 1.82) is 0 Å². The second kappa shape index (κ2) is 8.05. The molecule has 0 aromatic carbocycles. The van der Waals surface area contributed by atoms with Gasteiger partial charge in [0.25, 0.3) is 0 Å². The van der Waals surface area contributed by atoms with E-state index in [1.54, 1.807) is 46.1 Å². The van der Waals surface area contributed by atoms with Gasteiger partial charge in [0.15, 0.2) is 0 Å². The normalized spacial score (nSPS) is 7.27. The van der Waals surface area contributed by atoms with E-state index in [2.05, 4.69) is 9.97 Å². The largest absolute Gasteiger partial charge is 2.00 e. The van der Waals surface area contributed by atoms with Crippen LogP contribution in [0.1, 0.15) is 0 Å². The molecule has 2 aromatic rings. The van der Waals surface area contributed by atoms with Gasteiger partial charge in [0.05, 0.1) is 11.0 Å². The molecule has 0 unspecified atom stereocenters. The fraction of sp³-hybridized carbons (Fsp3) is 0. The van der Waals surface area contributed by atoms with Crippen molar-refractivity contribution >= 4 is 22.7 Å². The van der Waals surface area contributed by atoms with Gasteiger partial charge in [-0.2, -0.15) is 0 Å². The first-order valence-corrected chi connectivity index (χ1v) is 4.53. The van der Waals surface area contributed by atoms with E-state index < -0.39 is 0 Å². The SMILES string of the molecule is [Pt+2].c1cscn1.c1cscn1. The van der Waals surface area contributed by atoms with Gasteiger partial charge < -0.3 is 0 Å². The average molecular weight is 365 g/mol. The van der Waals surface area contributed by atoms with Crippen LogP contribution in [0.3, 0.4) is 0 Å². The van der Waals surface area contributed by atoms with E-state index in [9.17, 15) is 0 Å². The van der Waals surface area contributed by atoms with E-state index in [1.165, 1.54) is 0 Å². The molecule has 2 aromatic heterocycles. The Hall–Kier alpha value is -0.0517. The molecule has 0 saturated carbocycles. The molecule has 0 aliphatic heterocycles. The van der Waals surface area contributed by atoms with E-state index >= 15 is 0 Å². The molecule has 11 heavy (non-hydrogen) atoms. The van der Waals surface area contributed by atoms with Crippen molar-refractivity contribution in [3.05, 3.63) is 34.2 Å². The van der Waals surface area contributed by atoms with E-state index in [1.807, 2.05) is 10.8 Å². The molecule has 5 heteroatoms. The minimum Gasteiger partial charge on any atom is -0.253 e. The summed E-state index contributed by atoms with van der Waals surface area (Å²) < 4.78 is 0. The van der Waals surface area contributed by atoms with Crippen molar-refractivity contribution in [2.24, 2.45) is 0 Å². The van der Waals surface area contributed by atoms with E-state index in [4.69, 9.17) is 0 Å². The topological polar surface area (TPSA) is 25.8 Å². The molecular weight excluding hydrogens is 359 g/mol. The zero-order valence-corrected chi connectivity index (χ0v) is 9.40. The fourth-order valence-corrected chi connectivity index (χ4v) is 1.05. The van der Waals surface area contributed by atoms with Crippen LogP contribution < -0.4 is 0 Å². The van der Waals surface area contributed by atoms with E-state index in [0.717, 1.165) is 0 Å². The molecule has 0 aliphatic carbocycles. The summed E-state index contributed by atoms with van der Waals surface area (Å²) in [6.07, 6.45) is 3.54. The van der Waals surface area contributed by atoms with Crippen LogP contribution in [-0.4, -0.2) is 9.97 Å². The molecule has 0 radical (unpaired) electrons. The Morgan fingerprint density at radius 1 is 0.818 bits per heavy atom. The minimum atomic E-state index is 0. The maximum atomic E-state index is 3.74. The molecule has 0 bridgehead atoms. The van der Waals surface area contributed by atoms with Crippen molar-refractivity contribution < 1.29 is 21.1 Å². The molecule has 0 aliphatic rings. The Morgan fingerprint density at radius 3 is 1.36 bits per heavy atom. The molecule has 0 amide bonds. The Labute approximate surface area is 87.6 Å². The standard InChI is InChI=1S/2C3H3NS.Pt/c2*1-2-5-3-4-1;/h2*1-3H;/q;;+2. The molecular formula is C6H6N2PtS2+2. The fourth-order valence-electron chi connectivity index (χ4n) is 0.351. The molecule has 2 heterocycles. The van der Waals surface area contributed by atoms with Gasteiger partial charge in [-0.1, -0.05) is 0 Å². The Morgan fingerprint density at radius 2 is 1.27 bits per heavy atom. The molecule has 0 N–H and O–H groups in total. The second-order valence-corrected chi connectivity index (χ2v) is 2.86. The van der Waals surface area contributed by atoms with Crippen LogP contribution in [0.25, 0.3) is 0 Å². The van der Waals surface area contributed by atoms with Crippen LogP contribution in [0.4, 0.5) is 0 Å². The van der Waals surface area contributed by atoms with Gasteiger partial charge in [-0.05, 0) is 0 Å². The molecule has 2 nitrogen and oxygen atoms in total. The molecule has 0 spiro atoms. The maximum absolute atomic E-state index is 3.74. The van der Waals surface area contributed by atoms with Gasteiger partial charge >= 0.3 is 21.1 Å². The third-order valence-electron chi connectivity index (χ3n) is 0.694. The molecule has 0 fully saturated rings. The predicted octanol–water partition coefficient (Wildman–Crippen LogP) is 2.28. The monoisotopic (exact) mass is 365 g/mol. The number of rotatable bonds is 0. The van der Waals surface area contributed by atoms with Crippen LogP contribution in [-0.2, 0) is 21.1 Å². The maximum Gasteiger partial charge on any atom is 2.00 e. The quantitative estimate of drug-likeness (QED) is 0.716. The van der Waals surface area contributed by atoms with Crippen molar-refractivity contribution in [3.63, 3.8) is 0 Å². The van der Waals surface area contributed by atoms with Gasteiger partial charge in [0.1, 0.15) is 0 Å². The Balaban J connectivity index is 0.000000167. The molecule has 0 atom stereocenters. The van der Waals surface area contributed by atoms with Gasteiger partial charge in [-0.15, -0.1) is 22.7 Å². The third kappa shape index (κ3) is 6.35. The zero-order valence-electron chi connectivity index (χ0n) is 5.49. The Bertz CT molecular complexity index is 158. The van der Waals surface area contributed by atoms with Crippen molar-refractivity contribution in [3.8, 4) is 0 Å². The first kappa shape index (κ1) is 10.9. The second-order valence-electron chi connectivity index (χ2n) is 1.35. The number of nitrogens with zero attached hydrogens (tertiary/aromatic N) is 2. The summed E-state index contributed by atoms with van der Waals surface area (Å²) in [4.78, 5) is 7.48. The van der Waals surface area contributed by atoms with E-state index in [0.29, 0.717) is 0 Å². The first-order valence-electron chi connectivity index (χ1n) is 2.64. The van der Waals surface area contributed by atoms with Gasteiger partial charge in [0, 0.05) is 23.2 Å². The zero-order chi connectivity index (χ0) is 7.07. The van der Waals surface area contributed by atoms with E-state index in [-0.39, 0.29) is 21.1 Å².